The normalized spacial score (nSPS) is 12.3. The number of ether oxygens (including phenoxy) is 1. The minimum atomic E-state index is 0.567. The fourth-order valence-electron chi connectivity index (χ4n) is 2.47. The number of fused-ring (bicyclic) bond motifs is 1. The summed E-state index contributed by atoms with van der Waals surface area (Å²) in [5.41, 5.74) is 2.01. The standard InChI is InChI=1S/C17H25N3O/c1-4-6-13(2)18-9-10-19-16-12-15(21-3)11-14-7-5-8-20-17(14)16/h5,7-8,11-13,18-19H,4,6,9-10H2,1-3H3/t13-/m1/s1. The summed E-state index contributed by atoms with van der Waals surface area (Å²) in [6, 6.07) is 8.58. The van der Waals surface area contributed by atoms with E-state index in [2.05, 4.69) is 35.5 Å². The van der Waals surface area contributed by atoms with Crippen molar-refractivity contribution in [3.63, 3.8) is 0 Å². The molecule has 2 aromatic rings. The number of pyridine rings is 1. The Hall–Kier alpha value is -1.81. The van der Waals surface area contributed by atoms with Crippen molar-refractivity contribution in [2.24, 2.45) is 0 Å². The first-order valence-electron chi connectivity index (χ1n) is 7.64. The van der Waals surface area contributed by atoms with Gasteiger partial charge in [-0.1, -0.05) is 19.4 Å². The Morgan fingerprint density at radius 2 is 2.14 bits per heavy atom. The zero-order valence-corrected chi connectivity index (χ0v) is 13.1. The fourth-order valence-corrected chi connectivity index (χ4v) is 2.47. The van der Waals surface area contributed by atoms with E-state index >= 15 is 0 Å². The lowest BCUT2D eigenvalue weighted by molar-refractivity contribution is 0.415. The maximum Gasteiger partial charge on any atom is 0.121 e. The highest BCUT2D eigenvalue weighted by Crippen LogP contribution is 2.27. The maximum atomic E-state index is 5.36. The summed E-state index contributed by atoms with van der Waals surface area (Å²) >= 11 is 0. The largest absolute Gasteiger partial charge is 0.497 e. The van der Waals surface area contributed by atoms with Gasteiger partial charge in [0, 0.05) is 36.8 Å². The first-order valence-corrected chi connectivity index (χ1v) is 7.64. The molecule has 2 rings (SSSR count). The molecular weight excluding hydrogens is 262 g/mol. The molecule has 0 aliphatic carbocycles. The maximum absolute atomic E-state index is 5.36. The molecule has 0 aliphatic rings. The van der Waals surface area contributed by atoms with Gasteiger partial charge in [-0.3, -0.25) is 4.98 Å². The Labute approximate surface area is 126 Å². The van der Waals surface area contributed by atoms with Gasteiger partial charge >= 0.3 is 0 Å². The van der Waals surface area contributed by atoms with Gasteiger partial charge < -0.3 is 15.4 Å². The van der Waals surface area contributed by atoms with E-state index in [0.717, 1.165) is 35.4 Å². The van der Waals surface area contributed by atoms with Gasteiger partial charge in [0.2, 0.25) is 0 Å². The zero-order chi connectivity index (χ0) is 15.1. The molecule has 4 nitrogen and oxygen atoms in total. The van der Waals surface area contributed by atoms with Crippen molar-refractivity contribution in [1.29, 1.82) is 0 Å². The molecule has 21 heavy (non-hydrogen) atoms. The van der Waals surface area contributed by atoms with Crippen LogP contribution in [0.1, 0.15) is 26.7 Å². The fraction of sp³-hybridized carbons (Fsp3) is 0.471. The van der Waals surface area contributed by atoms with E-state index in [1.54, 1.807) is 7.11 Å². The molecule has 0 bridgehead atoms. The van der Waals surface area contributed by atoms with E-state index in [-0.39, 0.29) is 0 Å². The van der Waals surface area contributed by atoms with Gasteiger partial charge in [-0.15, -0.1) is 0 Å². The van der Waals surface area contributed by atoms with Crippen molar-refractivity contribution >= 4 is 16.6 Å². The van der Waals surface area contributed by atoms with Gasteiger partial charge in [0.15, 0.2) is 0 Å². The lowest BCUT2D eigenvalue weighted by atomic mass is 10.1. The van der Waals surface area contributed by atoms with Gasteiger partial charge in [0.25, 0.3) is 0 Å². The van der Waals surface area contributed by atoms with Gasteiger partial charge in [-0.2, -0.15) is 0 Å². The molecule has 114 valence electrons. The third-order valence-corrected chi connectivity index (χ3v) is 3.57. The molecule has 1 aromatic carbocycles. The summed E-state index contributed by atoms with van der Waals surface area (Å²) in [4.78, 5) is 4.46. The number of hydrogen-bond donors (Lipinski definition) is 2. The van der Waals surface area contributed by atoms with Gasteiger partial charge in [0.05, 0.1) is 18.3 Å². The second kappa shape index (κ2) is 7.84. The number of benzene rings is 1. The molecule has 0 saturated carbocycles. The van der Waals surface area contributed by atoms with Crippen LogP contribution in [0.5, 0.6) is 5.75 Å². The van der Waals surface area contributed by atoms with Crippen molar-refractivity contribution in [1.82, 2.24) is 10.3 Å². The molecule has 0 aliphatic heterocycles. The topological polar surface area (TPSA) is 46.2 Å². The molecule has 2 N–H and O–H groups in total. The van der Waals surface area contributed by atoms with Gasteiger partial charge in [-0.05, 0) is 25.5 Å². The summed E-state index contributed by atoms with van der Waals surface area (Å²) < 4.78 is 5.36. The van der Waals surface area contributed by atoms with Crippen molar-refractivity contribution in [2.45, 2.75) is 32.7 Å². The number of hydrogen-bond acceptors (Lipinski definition) is 4. The van der Waals surface area contributed by atoms with Crippen LogP contribution in [0.2, 0.25) is 0 Å². The summed E-state index contributed by atoms with van der Waals surface area (Å²) in [6.07, 6.45) is 4.25. The number of anilines is 1. The van der Waals surface area contributed by atoms with Crippen LogP contribution >= 0.6 is 0 Å². The predicted octanol–water partition coefficient (Wildman–Crippen LogP) is 3.43. The minimum Gasteiger partial charge on any atom is -0.497 e. The third-order valence-electron chi connectivity index (χ3n) is 3.57. The SMILES string of the molecule is CCC[C@@H](C)NCCNc1cc(OC)cc2cccnc12. The van der Waals surface area contributed by atoms with Crippen LogP contribution in [0.3, 0.4) is 0 Å². The number of methoxy groups -OCH3 is 1. The Morgan fingerprint density at radius 3 is 2.90 bits per heavy atom. The average molecular weight is 287 g/mol. The summed E-state index contributed by atoms with van der Waals surface area (Å²) in [5, 5.41) is 8.06. The van der Waals surface area contributed by atoms with Crippen molar-refractivity contribution in [3.05, 3.63) is 30.5 Å². The van der Waals surface area contributed by atoms with E-state index in [4.69, 9.17) is 4.74 Å². The van der Waals surface area contributed by atoms with E-state index in [1.165, 1.54) is 12.8 Å². The molecule has 4 heteroatoms. The van der Waals surface area contributed by atoms with Gasteiger partial charge in [0.1, 0.15) is 5.75 Å². The van der Waals surface area contributed by atoms with Crippen LogP contribution in [0.4, 0.5) is 5.69 Å². The predicted molar refractivity (Wildman–Crippen MR) is 89.2 cm³/mol. The highest BCUT2D eigenvalue weighted by Gasteiger charge is 2.05. The highest BCUT2D eigenvalue weighted by atomic mass is 16.5. The van der Waals surface area contributed by atoms with Crippen molar-refractivity contribution < 1.29 is 4.74 Å². The summed E-state index contributed by atoms with van der Waals surface area (Å²) in [6.45, 7) is 6.25. The van der Waals surface area contributed by atoms with Gasteiger partial charge in [-0.25, -0.2) is 0 Å². The number of nitrogens with zero attached hydrogens (tertiary/aromatic N) is 1. The third kappa shape index (κ3) is 4.33. The summed E-state index contributed by atoms with van der Waals surface area (Å²) in [5.74, 6) is 0.852. The number of rotatable bonds is 8. The molecule has 0 fully saturated rings. The first kappa shape index (κ1) is 15.6. The molecule has 1 heterocycles. The van der Waals surface area contributed by atoms with Crippen molar-refractivity contribution in [2.75, 3.05) is 25.5 Å². The number of nitrogens with one attached hydrogen (secondary N) is 2. The Morgan fingerprint density at radius 1 is 1.29 bits per heavy atom. The molecule has 0 unspecified atom stereocenters. The van der Waals surface area contributed by atoms with Crippen LogP contribution in [-0.4, -0.2) is 31.2 Å². The molecule has 1 atom stereocenters. The lowest BCUT2D eigenvalue weighted by Gasteiger charge is -2.14. The van der Waals surface area contributed by atoms with E-state index in [9.17, 15) is 0 Å². The molecule has 1 aromatic heterocycles. The monoisotopic (exact) mass is 287 g/mol. The Bertz CT molecular complexity index is 571. The quantitative estimate of drug-likeness (QED) is 0.730. The first-order chi connectivity index (χ1) is 10.2. The molecule has 0 radical (unpaired) electrons. The highest BCUT2D eigenvalue weighted by molar-refractivity contribution is 5.91. The van der Waals surface area contributed by atoms with Crippen LogP contribution < -0.4 is 15.4 Å². The number of aromatic nitrogens is 1. The van der Waals surface area contributed by atoms with E-state index < -0.39 is 0 Å². The second-order valence-electron chi connectivity index (χ2n) is 5.32. The van der Waals surface area contributed by atoms with Crippen LogP contribution in [-0.2, 0) is 0 Å². The van der Waals surface area contributed by atoms with Crippen molar-refractivity contribution in [3.8, 4) is 5.75 Å². The second-order valence-corrected chi connectivity index (χ2v) is 5.32. The Balaban J connectivity index is 2.00. The van der Waals surface area contributed by atoms with Crippen LogP contribution in [0.15, 0.2) is 30.5 Å². The molecule has 0 spiro atoms. The molecule has 0 amide bonds. The minimum absolute atomic E-state index is 0.567. The zero-order valence-electron chi connectivity index (χ0n) is 13.1. The smallest absolute Gasteiger partial charge is 0.121 e. The lowest BCUT2D eigenvalue weighted by Crippen LogP contribution is -2.30. The van der Waals surface area contributed by atoms with Crippen LogP contribution in [0.25, 0.3) is 10.9 Å². The van der Waals surface area contributed by atoms with E-state index in [0.29, 0.717) is 6.04 Å². The Kier molecular flexibility index (Phi) is 5.81. The van der Waals surface area contributed by atoms with E-state index in [1.807, 2.05) is 24.4 Å². The average Bonchev–Trinajstić information content (AvgIpc) is 2.51. The van der Waals surface area contributed by atoms with Crippen LogP contribution in [0, 0.1) is 0 Å². The molecule has 0 saturated heterocycles. The molecular formula is C17H25N3O. The summed E-state index contributed by atoms with van der Waals surface area (Å²) in [7, 11) is 1.69.